The minimum Gasteiger partial charge on any atom is -0.496 e. The van der Waals surface area contributed by atoms with E-state index in [0.29, 0.717) is 18.6 Å². The highest BCUT2D eigenvalue weighted by molar-refractivity contribution is 5.69. The molecule has 2 saturated heterocycles. The Morgan fingerprint density at radius 3 is 2.46 bits per heavy atom. The number of aryl methyl sites for hydroxylation is 1. The molecule has 0 aliphatic carbocycles. The van der Waals surface area contributed by atoms with Crippen molar-refractivity contribution in [2.75, 3.05) is 7.11 Å². The van der Waals surface area contributed by atoms with Crippen LogP contribution in [0.3, 0.4) is 0 Å². The summed E-state index contributed by atoms with van der Waals surface area (Å²) >= 11 is 0. The van der Waals surface area contributed by atoms with Crippen molar-refractivity contribution in [3.8, 4) is 5.75 Å². The van der Waals surface area contributed by atoms with Crippen LogP contribution in [-0.2, 0) is 16.9 Å². The molecule has 2 heterocycles. The van der Waals surface area contributed by atoms with Gasteiger partial charge < -0.3 is 19.5 Å². The summed E-state index contributed by atoms with van der Waals surface area (Å²) in [6, 6.07) is 15.6. The molecule has 0 aromatic heterocycles. The predicted octanol–water partition coefficient (Wildman–Crippen LogP) is 4.15. The monoisotopic (exact) mass is 381 g/mol. The zero-order valence-corrected chi connectivity index (χ0v) is 16.4. The van der Waals surface area contributed by atoms with E-state index >= 15 is 0 Å². The van der Waals surface area contributed by atoms with Crippen molar-refractivity contribution in [3.05, 3.63) is 65.2 Å². The standard InChI is InChI=1S/C23H27NO4/c1-16-8-11-21(27-2)20(12-16)23(26)13-18-9-10-19(14-23)24(18)22(25)28-15-17-6-4-3-5-7-17/h3-8,11-12,18-19,26H,9-10,13-15H2,1-2H3. The first-order valence-corrected chi connectivity index (χ1v) is 9.87. The number of methoxy groups -OCH3 is 1. The summed E-state index contributed by atoms with van der Waals surface area (Å²) in [5, 5.41) is 11.5. The summed E-state index contributed by atoms with van der Waals surface area (Å²) in [5.74, 6) is 0.701. The van der Waals surface area contributed by atoms with Crippen LogP contribution in [-0.4, -0.2) is 35.3 Å². The fraction of sp³-hybridized carbons (Fsp3) is 0.435. The Morgan fingerprint density at radius 2 is 1.82 bits per heavy atom. The maximum absolute atomic E-state index is 12.8. The summed E-state index contributed by atoms with van der Waals surface area (Å²) in [6.07, 6.45) is 2.51. The van der Waals surface area contributed by atoms with Crippen LogP contribution in [0.4, 0.5) is 4.79 Å². The molecule has 4 rings (SSSR count). The summed E-state index contributed by atoms with van der Waals surface area (Å²) in [7, 11) is 1.63. The molecule has 1 N–H and O–H groups in total. The maximum Gasteiger partial charge on any atom is 0.410 e. The molecular weight excluding hydrogens is 354 g/mol. The van der Waals surface area contributed by atoms with Gasteiger partial charge in [-0.1, -0.05) is 42.0 Å². The highest BCUT2D eigenvalue weighted by Gasteiger charge is 2.51. The fourth-order valence-electron chi connectivity index (χ4n) is 4.72. The van der Waals surface area contributed by atoms with E-state index in [1.807, 2.05) is 60.4 Å². The molecular formula is C23H27NO4. The summed E-state index contributed by atoms with van der Waals surface area (Å²) < 4.78 is 11.1. The third-order valence-corrected chi connectivity index (χ3v) is 6.04. The van der Waals surface area contributed by atoms with Crippen LogP contribution in [0.25, 0.3) is 0 Å². The first kappa shape index (κ1) is 18.8. The molecule has 2 bridgehead atoms. The molecule has 1 amide bonds. The van der Waals surface area contributed by atoms with Crippen molar-refractivity contribution in [1.29, 1.82) is 0 Å². The van der Waals surface area contributed by atoms with Gasteiger partial charge in [0, 0.05) is 30.5 Å². The topological polar surface area (TPSA) is 59.0 Å². The van der Waals surface area contributed by atoms with E-state index in [1.54, 1.807) is 7.11 Å². The smallest absolute Gasteiger partial charge is 0.410 e. The van der Waals surface area contributed by atoms with E-state index in [9.17, 15) is 9.90 Å². The van der Waals surface area contributed by atoms with E-state index in [1.165, 1.54) is 0 Å². The van der Waals surface area contributed by atoms with E-state index in [-0.39, 0.29) is 24.8 Å². The normalized spacial score (nSPS) is 26.2. The number of nitrogens with zero attached hydrogens (tertiary/aromatic N) is 1. The third kappa shape index (κ3) is 3.47. The van der Waals surface area contributed by atoms with Gasteiger partial charge in [-0.05, 0) is 37.5 Å². The Labute approximate surface area is 165 Å². The van der Waals surface area contributed by atoms with Gasteiger partial charge in [0.2, 0.25) is 0 Å². The molecule has 0 saturated carbocycles. The molecule has 2 atom stereocenters. The van der Waals surface area contributed by atoms with Gasteiger partial charge in [-0.15, -0.1) is 0 Å². The van der Waals surface area contributed by atoms with E-state index < -0.39 is 5.60 Å². The van der Waals surface area contributed by atoms with Gasteiger partial charge in [0.25, 0.3) is 0 Å². The van der Waals surface area contributed by atoms with E-state index in [2.05, 4.69) is 0 Å². The Bertz CT molecular complexity index is 837. The molecule has 0 spiro atoms. The van der Waals surface area contributed by atoms with Crippen molar-refractivity contribution >= 4 is 6.09 Å². The van der Waals surface area contributed by atoms with Gasteiger partial charge in [-0.25, -0.2) is 4.79 Å². The average molecular weight is 381 g/mol. The highest BCUT2D eigenvalue weighted by atomic mass is 16.6. The molecule has 5 nitrogen and oxygen atoms in total. The maximum atomic E-state index is 12.8. The first-order chi connectivity index (χ1) is 13.5. The van der Waals surface area contributed by atoms with Crippen LogP contribution >= 0.6 is 0 Å². The number of amides is 1. The third-order valence-electron chi connectivity index (χ3n) is 6.04. The van der Waals surface area contributed by atoms with Crippen LogP contribution in [0.1, 0.15) is 42.4 Å². The number of ether oxygens (including phenoxy) is 2. The summed E-state index contributed by atoms with van der Waals surface area (Å²) in [6.45, 7) is 2.28. The van der Waals surface area contributed by atoms with Crippen LogP contribution in [0.5, 0.6) is 5.75 Å². The lowest BCUT2D eigenvalue weighted by Gasteiger charge is -2.43. The van der Waals surface area contributed by atoms with Crippen molar-refractivity contribution in [3.63, 3.8) is 0 Å². The predicted molar refractivity (Wildman–Crippen MR) is 106 cm³/mol. The molecule has 2 aliphatic rings. The number of rotatable bonds is 4. The Hall–Kier alpha value is -2.53. The quantitative estimate of drug-likeness (QED) is 0.864. The number of hydrogen-bond donors (Lipinski definition) is 1. The van der Waals surface area contributed by atoms with Gasteiger partial charge in [-0.3, -0.25) is 0 Å². The number of benzene rings is 2. The number of fused-ring (bicyclic) bond motifs is 2. The molecule has 2 aliphatic heterocycles. The van der Waals surface area contributed by atoms with Crippen LogP contribution in [0, 0.1) is 6.92 Å². The summed E-state index contributed by atoms with van der Waals surface area (Å²) in [4.78, 5) is 14.6. The number of aliphatic hydroxyl groups is 1. The average Bonchev–Trinajstić information content (AvgIpc) is 2.99. The Morgan fingerprint density at radius 1 is 1.14 bits per heavy atom. The lowest BCUT2D eigenvalue weighted by Crippen LogP contribution is -2.52. The summed E-state index contributed by atoms with van der Waals surface area (Å²) in [5.41, 5.74) is 1.89. The van der Waals surface area contributed by atoms with Gasteiger partial charge in [0.1, 0.15) is 12.4 Å². The molecule has 5 heteroatoms. The second-order valence-electron chi connectivity index (χ2n) is 7.98. The number of hydrogen-bond acceptors (Lipinski definition) is 4. The number of piperidine rings is 1. The molecule has 2 fully saturated rings. The van der Waals surface area contributed by atoms with E-state index in [0.717, 1.165) is 29.5 Å². The fourth-order valence-corrected chi connectivity index (χ4v) is 4.72. The first-order valence-electron chi connectivity index (χ1n) is 9.87. The van der Waals surface area contributed by atoms with Crippen LogP contribution in [0.2, 0.25) is 0 Å². The zero-order chi connectivity index (χ0) is 19.7. The van der Waals surface area contributed by atoms with Crippen molar-refractivity contribution in [2.24, 2.45) is 0 Å². The SMILES string of the molecule is COc1ccc(C)cc1C1(O)CC2CCC(C1)N2C(=O)OCc1ccccc1. The minimum atomic E-state index is -0.987. The molecule has 148 valence electrons. The van der Waals surface area contributed by atoms with Gasteiger partial charge in [0.15, 0.2) is 0 Å². The molecule has 0 radical (unpaired) electrons. The van der Waals surface area contributed by atoms with Crippen molar-refractivity contribution in [1.82, 2.24) is 4.90 Å². The number of carbonyl (C=O) groups excluding carboxylic acids is 1. The van der Waals surface area contributed by atoms with Crippen LogP contribution < -0.4 is 4.74 Å². The highest BCUT2D eigenvalue weighted by Crippen LogP contribution is 2.48. The molecule has 2 aromatic rings. The zero-order valence-electron chi connectivity index (χ0n) is 16.4. The molecule has 28 heavy (non-hydrogen) atoms. The van der Waals surface area contributed by atoms with E-state index in [4.69, 9.17) is 9.47 Å². The lowest BCUT2D eigenvalue weighted by molar-refractivity contribution is -0.0548. The number of carbonyl (C=O) groups is 1. The Kier molecular flexibility index (Phi) is 5.02. The molecule has 2 aromatic carbocycles. The van der Waals surface area contributed by atoms with Crippen LogP contribution in [0.15, 0.2) is 48.5 Å². The largest absolute Gasteiger partial charge is 0.496 e. The van der Waals surface area contributed by atoms with Gasteiger partial charge >= 0.3 is 6.09 Å². The Balaban J connectivity index is 1.50. The molecule has 2 unspecified atom stereocenters. The second kappa shape index (κ2) is 7.47. The van der Waals surface area contributed by atoms with Gasteiger partial charge in [0.05, 0.1) is 12.7 Å². The minimum absolute atomic E-state index is 0.0164. The van der Waals surface area contributed by atoms with Crippen molar-refractivity contribution < 1.29 is 19.4 Å². The van der Waals surface area contributed by atoms with Gasteiger partial charge in [-0.2, -0.15) is 0 Å². The van der Waals surface area contributed by atoms with Crippen molar-refractivity contribution in [2.45, 2.75) is 56.9 Å². The second-order valence-corrected chi connectivity index (χ2v) is 7.98. The lowest BCUT2D eigenvalue weighted by atomic mass is 9.79.